The Morgan fingerprint density at radius 3 is 2.79 bits per heavy atom. The van der Waals surface area contributed by atoms with Crippen LogP contribution < -0.4 is 5.73 Å². The number of amides is 1. The summed E-state index contributed by atoms with van der Waals surface area (Å²) in [5, 5.41) is 6.20. The molecule has 1 amide bonds. The monoisotopic (exact) mass is 319 g/mol. The number of nitrogens with two attached hydrogens (primary N) is 1. The number of nitrogens with one attached hydrogen (secondary N) is 1. The van der Waals surface area contributed by atoms with E-state index in [9.17, 15) is 4.79 Å². The number of carbonyl (C=O) groups excluding carboxylic acids is 1. The zero-order valence-corrected chi connectivity index (χ0v) is 13.4. The second-order valence-electron chi connectivity index (χ2n) is 6.14. The molecule has 0 fully saturated rings. The second-order valence-corrected chi connectivity index (χ2v) is 6.14. The van der Waals surface area contributed by atoms with Crippen molar-refractivity contribution in [1.29, 1.82) is 0 Å². The molecule has 24 heavy (non-hydrogen) atoms. The minimum Gasteiger partial charge on any atom is -0.366 e. The Hall–Kier alpha value is -3.15. The van der Waals surface area contributed by atoms with Crippen molar-refractivity contribution in [3.05, 3.63) is 48.4 Å². The van der Waals surface area contributed by atoms with Crippen molar-refractivity contribution in [3.8, 4) is 11.1 Å². The predicted molar refractivity (Wildman–Crippen MR) is 93.7 cm³/mol. The molecule has 6 heteroatoms. The van der Waals surface area contributed by atoms with Crippen molar-refractivity contribution >= 4 is 27.8 Å². The highest BCUT2D eigenvalue weighted by Gasteiger charge is 2.15. The Kier molecular flexibility index (Phi) is 3.13. The zero-order chi connectivity index (χ0) is 16.8. The Balaban J connectivity index is 2.00. The third kappa shape index (κ3) is 2.15. The summed E-state index contributed by atoms with van der Waals surface area (Å²) in [5.41, 5.74) is 9.63. The van der Waals surface area contributed by atoms with E-state index in [-0.39, 0.29) is 6.04 Å². The van der Waals surface area contributed by atoms with Gasteiger partial charge < -0.3 is 10.7 Å². The van der Waals surface area contributed by atoms with E-state index >= 15 is 0 Å². The first kappa shape index (κ1) is 14.4. The molecule has 0 spiro atoms. The van der Waals surface area contributed by atoms with Crippen molar-refractivity contribution in [3.63, 3.8) is 0 Å². The van der Waals surface area contributed by atoms with Gasteiger partial charge in [-0.15, -0.1) is 0 Å². The summed E-state index contributed by atoms with van der Waals surface area (Å²) in [6, 6.07) is 8.04. The molecule has 0 aliphatic carbocycles. The van der Waals surface area contributed by atoms with Crippen LogP contribution >= 0.6 is 0 Å². The first-order valence-corrected chi connectivity index (χ1v) is 7.79. The molecule has 0 aliphatic rings. The quantitative estimate of drug-likeness (QED) is 0.607. The largest absolute Gasteiger partial charge is 0.366 e. The minimum absolute atomic E-state index is 0.184. The molecule has 4 rings (SSSR count). The number of fused-ring (bicyclic) bond motifs is 2. The third-order valence-electron chi connectivity index (χ3n) is 4.20. The molecular formula is C18H17N5O. The van der Waals surface area contributed by atoms with Gasteiger partial charge in [0, 0.05) is 34.8 Å². The van der Waals surface area contributed by atoms with Crippen LogP contribution in [0.15, 0.2) is 42.9 Å². The molecule has 0 bridgehead atoms. The Morgan fingerprint density at radius 2 is 2.04 bits per heavy atom. The van der Waals surface area contributed by atoms with Gasteiger partial charge in [0.05, 0.1) is 17.3 Å². The van der Waals surface area contributed by atoms with Crippen LogP contribution in [0.1, 0.15) is 30.2 Å². The average Bonchev–Trinajstić information content (AvgIpc) is 3.19. The molecule has 1 aromatic carbocycles. The summed E-state index contributed by atoms with van der Waals surface area (Å²) in [7, 11) is 0. The molecule has 0 atom stereocenters. The fraction of sp³-hybridized carbons (Fsp3) is 0.167. The maximum absolute atomic E-state index is 11.9. The summed E-state index contributed by atoms with van der Waals surface area (Å²) >= 11 is 0. The molecular weight excluding hydrogens is 302 g/mol. The van der Waals surface area contributed by atoms with Gasteiger partial charge in [-0.3, -0.25) is 9.48 Å². The Morgan fingerprint density at radius 1 is 1.21 bits per heavy atom. The van der Waals surface area contributed by atoms with E-state index in [2.05, 4.69) is 28.9 Å². The van der Waals surface area contributed by atoms with Crippen LogP contribution in [-0.2, 0) is 0 Å². The van der Waals surface area contributed by atoms with Gasteiger partial charge in [0.15, 0.2) is 0 Å². The van der Waals surface area contributed by atoms with Crippen LogP contribution in [0.25, 0.3) is 33.1 Å². The highest BCUT2D eigenvalue weighted by molar-refractivity contribution is 6.07. The topological polar surface area (TPSA) is 89.6 Å². The number of carbonyl (C=O) groups is 1. The first-order chi connectivity index (χ1) is 11.5. The van der Waals surface area contributed by atoms with Crippen molar-refractivity contribution in [1.82, 2.24) is 19.7 Å². The van der Waals surface area contributed by atoms with E-state index in [4.69, 9.17) is 5.73 Å². The van der Waals surface area contributed by atoms with Crippen molar-refractivity contribution in [2.24, 2.45) is 5.73 Å². The van der Waals surface area contributed by atoms with Gasteiger partial charge in [-0.25, -0.2) is 4.98 Å². The second kappa shape index (κ2) is 5.19. The van der Waals surface area contributed by atoms with Crippen LogP contribution in [0, 0.1) is 0 Å². The van der Waals surface area contributed by atoms with Crippen LogP contribution in [0.4, 0.5) is 0 Å². The normalized spacial score (nSPS) is 11.6. The molecule has 0 unspecified atom stereocenters. The van der Waals surface area contributed by atoms with Gasteiger partial charge in [-0.05, 0) is 43.7 Å². The van der Waals surface area contributed by atoms with Gasteiger partial charge in [0.1, 0.15) is 5.65 Å². The maximum Gasteiger partial charge on any atom is 0.249 e. The summed E-state index contributed by atoms with van der Waals surface area (Å²) < 4.78 is 1.90. The van der Waals surface area contributed by atoms with Gasteiger partial charge in [-0.2, -0.15) is 5.10 Å². The molecule has 6 nitrogen and oxygen atoms in total. The first-order valence-electron chi connectivity index (χ1n) is 7.79. The van der Waals surface area contributed by atoms with E-state index in [1.54, 1.807) is 12.4 Å². The lowest BCUT2D eigenvalue weighted by atomic mass is 10.0. The molecule has 0 saturated heterocycles. The number of hydrogen-bond acceptors (Lipinski definition) is 3. The summed E-state index contributed by atoms with van der Waals surface area (Å²) in [5.74, 6) is -0.458. The number of H-pyrrole nitrogens is 1. The fourth-order valence-electron chi connectivity index (χ4n) is 3.03. The molecule has 0 aliphatic heterocycles. The van der Waals surface area contributed by atoms with Crippen LogP contribution in [0.3, 0.4) is 0 Å². The molecule has 0 saturated carbocycles. The molecule has 4 aromatic rings. The number of nitrogens with zero attached hydrogens (tertiary/aromatic N) is 3. The molecule has 3 N–H and O–H groups in total. The maximum atomic E-state index is 11.9. The molecule has 0 radical (unpaired) electrons. The molecule has 3 aromatic heterocycles. The highest BCUT2D eigenvalue weighted by Crippen LogP contribution is 2.30. The lowest BCUT2D eigenvalue weighted by Crippen LogP contribution is -2.11. The van der Waals surface area contributed by atoms with E-state index < -0.39 is 5.91 Å². The SMILES string of the molecule is CC(C)n1ncc2c(C(N)=O)cc(-c3cnc4[nH]ccc4c3)cc21. The van der Waals surface area contributed by atoms with E-state index in [0.717, 1.165) is 33.1 Å². The zero-order valence-electron chi connectivity index (χ0n) is 13.4. The number of aromatic nitrogens is 4. The summed E-state index contributed by atoms with van der Waals surface area (Å²) in [6.45, 7) is 4.10. The number of primary amides is 1. The van der Waals surface area contributed by atoms with Crippen molar-refractivity contribution in [2.45, 2.75) is 19.9 Å². The number of aromatic amines is 1. The Bertz CT molecular complexity index is 1070. The Labute approximate surface area is 138 Å². The minimum atomic E-state index is -0.458. The van der Waals surface area contributed by atoms with Crippen molar-refractivity contribution in [2.75, 3.05) is 0 Å². The third-order valence-corrected chi connectivity index (χ3v) is 4.20. The van der Waals surface area contributed by atoms with Gasteiger partial charge in [0.25, 0.3) is 0 Å². The average molecular weight is 319 g/mol. The molecule has 120 valence electrons. The number of pyridine rings is 1. The predicted octanol–water partition coefficient (Wildman–Crippen LogP) is 3.26. The number of hydrogen-bond donors (Lipinski definition) is 2. The van der Waals surface area contributed by atoms with Crippen LogP contribution in [0.5, 0.6) is 0 Å². The number of rotatable bonds is 3. The van der Waals surface area contributed by atoms with E-state index in [1.165, 1.54) is 0 Å². The standard InChI is InChI=1S/C18H17N5O/c1-10(2)23-16-7-12(6-14(17(19)24)15(16)9-22-23)13-5-11-3-4-20-18(11)21-8-13/h3-10H,1-2H3,(H2,19,24)(H,20,21). The lowest BCUT2D eigenvalue weighted by molar-refractivity contribution is 0.100. The van der Waals surface area contributed by atoms with Crippen molar-refractivity contribution < 1.29 is 4.79 Å². The van der Waals surface area contributed by atoms with Gasteiger partial charge in [0.2, 0.25) is 5.91 Å². The van der Waals surface area contributed by atoms with Crippen LogP contribution in [-0.4, -0.2) is 25.7 Å². The summed E-state index contributed by atoms with van der Waals surface area (Å²) in [4.78, 5) is 19.4. The molecule has 3 heterocycles. The smallest absolute Gasteiger partial charge is 0.249 e. The highest BCUT2D eigenvalue weighted by atomic mass is 16.1. The number of benzene rings is 1. The van der Waals surface area contributed by atoms with E-state index in [1.807, 2.05) is 35.1 Å². The summed E-state index contributed by atoms with van der Waals surface area (Å²) in [6.07, 6.45) is 5.35. The van der Waals surface area contributed by atoms with E-state index in [0.29, 0.717) is 5.56 Å². The lowest BCUT2D eigenvalue weighted by Gasteiger charge is -2.10. The van der Waals surface area contributed by atoms with Crippen LogP contribution in [0.2, 0.25) is 0 Å². The van der Waals surface area contributed by atoms with Gasteiger partial charge >= 0.3 is 0 Å². The fourth-order valence-corrected chi connectivity index (χ4v) is 3.03. The van der Waals surface area contributed by atoms with Gasteiger partial charge in [-0.1, -0.05) is 0 Å².